The van der Waals surface area contributed by atoms with E-state index < -0.39 is 0 Å². The Balaban J connectivity index is 0.000000121. The molecule has 1 heteroatoms. The number of benzene rings is 4. The predicted octanol–water partition coefficient (Wildman–Crippen LogP) is 6.34. The second-order valence-corrected chi connectivity index (χ2v) is 5.71. The summed E-state index contributed by atoms with van der Waals surface area (Å²) in [5, 5.41) is 2.29. The van der Waals surface area contributed by atoms with Crippen LogP contribution in [0.5, 0.6) is 5.75 Å². The van der Waals surface area contributed by atoms with Crippen LogP contribution >= 0.6 is 0 Å². The van der Waals surface area contributed by atoms with Gasteiger partial charge in [0.2, 0.25) is 0 Å². The third kappa shape index (κ3) is 2.44. The Bertz CT molecular complexity index is 896. The lowest BCUT2D eigenvalue weighted by Crippen LogP contribution is -1.96. The molecule has 1 aliphatic rings. The molecule has 0 unspecified atom stereocenters. The zero-order valence-electron chi connectivity index (χ0n) is 13.3. The number of fused-ring (bicyclic) bond motifs is 5. The molecule has 0 aromatic heterocycles. The lowest BCUT2D eigenvalue weighted by atomic mass is 9.81. The van der Waals surface area contributed by atoms with E-state index >= 15 is 0 Å². The summed E-state index contributed by atoms with van der Waals surface area (Å²) in [6, 6.07) is 31.1. The van der Waals surface area contributed by atoms with E-state index in [2.05, 4.69) is 67.8 Å². The monoisotopic (exact) mass is 309 g/mol. The Kier molecular flexibility index (Phi) is 3.76. The minimum Gasteiger partial charge on any atom is -0.489 e. The van der Waals surface area contributed by atoms with E-state index in [9.17, 15) is 0 Å². The van der Waals surface area contributed by atoms with Crippen LogP contribution in [0.2, 0.25) is 0 Å². The van der Waals surface area contributed by atoms with Gasteiger partial charge in [-0.3, -0.25) is 0 Å². The molecule has 1 nitrogen and oxygen atoms in total. The molecule has 0 saturated carbocycles. The number of hydrogen-bond acceptors (Lipinski definition) is 1. The van der Waals surface area contributed by atoms with Crippen LogP contribution < -0.4 is 4.74 Å². The van der Waals surface area contributed by atoms with Gasteiger partial charge in [-0.25, -0.2) is 0 Å². The van der Waals surface area contributed by atoms with Crippen molar-refractivity contribution in [1.82, 2.24) is 0 Å². The van der Waals surface area contributed by atoms with Gasteiger partial charge in [-0.1, -0.05) is 84.9 Å². The number of rotatable bonds is 1. The molecule has 0 N–H and O–H groups in total. The number of ether oxygens (including phenoxy) is 1. The summed E-state index contributed by atoms with van der Waals surface area (Å²) in [5.74, 6) is 0.827. The van der Waals surface area contributed by atoms with Crippen molar-refractivity contribution in [3.63, 3.8) is 0 Å². The summed E-state index contributed by atoms with van der Waals surface area (Å²) in [6.07, 6.45) is 0. The molecular weight excluding hydrogens is 292 g/mol. The van der Waals surface area contributed by atoms with Crippen molar-refractivity contribution < 1.29 is 4.74 Å². The first-order valence-corrected chi connectivity index (χ1v) is 7.97. The molecule has 4 aromatic carbocycles. The van der Waals surface area contributed by atoms with Crippen LogP contribution in [0.4, 0.5) is 0 Å². The summed E-state index contributed by atoms with van der Waals surface area (Å²) < 4.78 is 4.98. The molecule has 4 aromatic rings. The van der Waals surface area contributed by atoms with Crippen molar-refractivity contribution in [3.05, 3.63) is 98.1 Å². The highest BCUT2D eigenvalue weighted by atomic mass is 16.5. The fourth-order valence-electron chi connectivity index (χ4n) is 3.16. The van der Waals surface area contributed by atoms with E-state index in [4.69, 9.17) is 4.74 Å². The maximum absolute atomic E-state index is 4.98. The van der Waals surface area contributed by atoms with Gasteiger partial charge in [-0.05, 0) is 33.7 Å². The van der Waals surface area contributed by atoms with Crippen LogP contribution in [0.15, 0.2) is 91.0 Å². The molecule has 0 heterocycles. The van der Waals surface area contributed by atoms with E-state index in [1.165, 1.54) is 27.6 Å². The fourth-order valence-corrected chi connectivity index (χ4v) is 3.16. The maximum Gasteiger partial charge on any atom is 0.127 e. The van der Waals surface area contributed by atoms with Crippen LogP contribution in [0.3, 0.4) is 0 Å². The first-order chi connectivity index (χ1) is 11.9. The Morgan fingerprint density at radius 2 is 0.958 bits per heavy atom. The van der Waals surface area contributed by atoms with Crippen LogP contribution in [-0.4, -0.2) is 0 Å². The fraction of sp³-hybridized carbons (Fsp3) is 0. The summed E-state index contributed by atoms with van der Waals surface area (Å²) in [6.45, 7) is 0. The Morgan fingerprint density at radius 1 is 0.500 bits per heavy atom. The topological polar surface area (TPSA) is 9.23 Å². The van der Waals surface area contributed by atoms with Gasteiger partial charge >= 0.3 is 0 Å². The molecule has 0 atom stereocenters. The third-order valence-electron chi connectivity index (χ3n) is 4.34. The molecule has 1 radical (unpaired) electrons. The molecule has 0 spiro atoms. The molecule has 115 valence electrons. The van der Waals surface area contributed by atoms with Crippen LogP contribution in [0.1, 0.15) is 0 Å². The second kappa shape index (κ2) is 6.21. The van der Waals surface area contributed by atoms with Crippen molar-refractivity contribution in [2.24, 2.45) is 0 Å². The van der Waals surface area contributed by atoms with Crippen LogP contribution in [0.25, 0.3) is 33.0 Å². The molecule has 24 heavy (non-hydrogen) atoms. The molecule has 0 bridgehead atoms. The molecule has 0 saturated heterocycles. The SMILES string of the molecule is [CH2]Oc1cccc2ccccc12.c1ccc2c(c1)-c1ccccc1-2. The maximum atomic E-state index is 4.98. The highest BCUT2D eigenvalue weighted by molar-refractivity contribution is 6.02. The summed E-state index contributed by atoms with van der Waals surface area (Å²) in [5.41, 5.74) is 5.59. The van der Waals surface area contributed by atoms with Gasteiger partial charge in [0.15, 0.2) is 0 Å². The Hall–Kier alpha value is -3.06. The van der Waals surface area contributed by atoms with E-state index in [0.717, 1.165) is 11.1 Å². The van der Waals surface area contributed by atoms with Gasteiger partial charge in [0.1, 0.15) is 12.9 Å². The van der Waals surface area contributed by atoms with Crippen LogP contribution in [-0.2, 0) is 0 Å². The Labute approximate surface area is 142 Å². The second-order valence-electron chi connectivity index (χ2n) is 5.71. The zero-order chi connectivity index (χ0) is 16.4. The number of hydrogen-bond donors (Lipinski definition) is 0. The first kappa shape index (κ1) is 14.5. The molecule has 1 aliphatic carbocycles. The quantitative estimate of drug-likeness (QED) is 0.351. The van der Waals surface area contributed by atoms with E-state index in [1.807, 2.05) is 30.3 Å². The minimum atomic E-state index is 0.827. The van der Waals surface area contributed by atoms with Gasteiger partial charge in [-0.2, -0.15) is 0 Å². The molecule has 5 rings (SSSR count). The molecule has 0 aliphatic heterocycles. The van der Waals surface area contributed by atoms with Gasteiger partial charge < -0.3 is 4.74 Å². The largest absolute Gasteiger partial charge is 0.489 e. The zero-order valence-corrected chi connectivity index (χ0v) is 13.3. The summed E-state index contributed by atoms with van der Waals surface area (Å²) in [4.78, 5) is 0. The van der Waals surface area contributed by atoms with Gasteiger partial charge in [0, 0.05) is 5.39 Å². The summed E-state index contributed by atoms with van der Waals surface area (Å²) in [7, 11) is 3.41. The average molecular weight is 309 g/mol. The van der Waals surface area contributed by atoms with Gasteiger partial charge in [0.05, 0.1) is 0 Å². The van der Waals surface area contributed by atoms with Crippen LogP contribution in [0, 0.1) is 7.11 Å². The Morgan fingerprint density at radius 3 is 1.50 bits per heavy atom. The van der Waals surface area contributed by atoms with Crippen molar-refractivity contribution in [2.75, 3.05) is 0 Å². The van der Waals surface area contributed by atoms with E-state index in [-0.39, 0.29) is 0 Å². The van der Waals surface area contributed by atoms with E-state index in [1.54, 1.807) is 0 Å². The van der Waals surface area contributed by atoms with Crippen molar-refractivity contribution in [2.45, 2.75) is 0 Å². The van der Waals surface area contributed by atoms with Gasteiger partial charge in [-0.15, -0.1) is 0 Å². The highest BCUT2D eigenvalue weighted by Gasteiger charge is 2.19. The van der Waals surface area contributed by atoms with Crippen molar-refractivity contribution >= 4 is 10.8 Å². The molecular formula is C23H17O. The molecule has 0 amide bonds. The van der Waals surface area contributed by atoms with Gasteiger partial charge in [0.25, 0.3) is 0 Å². The average Bonchev–Trinajstić information content (AvgIpc) is 2.66. The smallest absolute Gasteiger partial charge is 0.127 e. The standard InChI is InChI=1S/C12H8.C11H9O/c1-2-6-10-9(5-1)11-7-3-4-8-12(10)11;1-12-11-8-4-6-9-5-2-3-7-10(9)11/h1-8H;2-8H,1H2. The third-order valence-corrected chi connectivity index (χ3v) is 4.34. The van der Waals surface area contributed by atoms with Crippen molar-refractivity contribution in [1.29, 1.82) is 0 Å². The van der Waals surface area contributed by atoms with E-state index in [0.29, 0.717) is 0 Å². The lowest BCUT2D eigenvalue weighted by molar-refractivity contribution is 0.478. The summed E-state index contributed by atoms with van der Waals surface area (Å²) >= 11 is 0. The lowest BCUT2D eigenvalue weighted by Gasteiger charge is -2.22. The highest BCUT2D eigenvalue weighted by Crippen LogP contribution is 2.46. The molecule has 0 fully saturated rings. The predicted molar refractivity (Wildman–Crippen MR) is 101 cm³/mol. The first-order valence-electron chi connectivity index (χ1n) is 7.97. The minimum absolute atomic E-state index is 0.827. The normalized spacial score (nSPS) is 10.7. The van der Waals surface area contributed by atoms with Crippen molar-refractivity contribution in [3.8, 4) is 28.0 Å².